The van der Waals surface area contributed by atoms with Gasteiger partial charge in [-0.15, -0.1) is 0 Å². The van der Waals surface area contributed by atoms with E-state index in [9.17, 15) is 0 Å². The van der Waals surface area contributed by atoms with Gasteiger partial charge in [0, 0.05) is 17.4 Å². The van der Waals surface area contributed by atoms with Crippen molar-refractivity contribution in [1.29, 1.82) is 0 Å². The summed E-state index contributed by atoms with van der Waals surface area (Å²) in [6, 6.07) is 1.95. The third-order valence-electron chi connectivity index (χ3n) is 4.34. The molecule has 2 bridgehead atoms. The number of hydrogen-bond donors (Lipinski definition) is 1. The van der Waals surface area contributed by atoms with Crippen LogP contribution in [0.4, 0.5) is 0 Å². The van der Waals surface area contributed by atoms with Gasteiger partial charge in [0.05, 0.1) is 36.3 Å². The van der Waals surface area contributed by atoms with E-state index < -0.39 is 0 Å². The monoisotopic (exact) mass is 376 g/mol. The van der Waals surface area contributed by atoms with Gasteiger partial charge in [0.1, 0.15) is 17.6 Å². The van der Waals surface area contributed by atoms with Gasteiger partial charge in [-0.1, -0.05) is 18.7 Å². The van der Waals surface area contributed by atoms with Gasteiger partial charge in [-0.25, -0.2) is 0 Å². The van der Waals surface area contributed by atoms with Crippen LogP contribution in [-0.2, 0) is 4.74 Å². The lowest BCUT2D eigenvalue weighted by Gasteiger charge is -2.11. The minimum atomic E-state index is 0.417. The first-order valence-corrected chi connectivity index (χ1v) is 9.02. The maximum Gasteiger partial charge on any atom is 0.263 e. The highest BCUT2D eigenvalue weighted by Gasteiger charge is 2.15. The number of ether oxygens (including phenoxy) is 2. The van der Waals surface area contributed by atoms with E-state index in [-0.39, 0.29) is 0 Å². The molecule has 1 N–H and O–H groups in total. The molecule has 4 rings (SSSR count). The molecular weight excluding hydrogens is 356 g/mol. The third-order valence-corrected chi connectivity index (χ3v) is 4.34. The number of pyridine rings is 1. The lowest BCUT2D eigenvalue weighted by atomic mass is 10.1. The molecule has 0 amide bonds. The topological polar surface area (TPSA) is 86.1 Å². The molecule has 28 heavy (non-hydrogen) atoms. The van der Waals surface area contributed by atoms with Crippen molar-refractivity contribution < 1.29 is 14.0 Å². The van der Waals surface area contributed by atoms with Crippen molar-refractivity contribution in [3.8, 4) is 17.1 Å². The minimum Gasteiger partial charge on any atom is -0.493 e. The quantitative estimate of drug-likeness (QED) is 0.676. The van der Waals surface area contributed by atoms with E-state index in [0.717, 1.165) is 27.9 Å². The summed E-state index contributed by atoms with van der Waals surface area (Å²) < 4.78 is 16.8. The smallest absolute Gasteiger partial charge is 0.263 e. The fourth-order valence-electron chi connectivity index (χ4n) is 2.97. The van der Waals surface area contributed by atoms with Gasteiger partial charge >= 0.3 is 0 Å². The first-order valence-electron chi connectivity index (χ1n) is 9.02. The number of aromatic amines is 1. The van der Waals surface area contributed by atoms with Crippen LogP contribution in [0.2, 0.25) is 0 Å². The van der Waals surface area contributed by atoms with E-state index in [2.05, 4.69) is 26.9 Å². The van der Waals surface area contributed by atoms with E-state index in [0.29, 0.717) is 36.8 Å². The van der Waals surface area contributed by atoms with Crippen LogP contribution in [0, 0.1) is 0 Å². The summed E-state index contributed by atoms with van der Waals surface area (Å²) in [4.78, 5) is 4.48. The standard InChI is InChI=1S/C21H20N4O3/c1-3-6-14-7-8-17-15-11-18(22-12-19(15)24-23-17)16-13-28-25-21(16)27-10-5-9-26-20(14)4-2/h3-4,6-8,11-13H,1,5,9-10H2,2H3,(H,23,24)/b8-7+,14-6-,20-4+. The zero-order chi connectivity index (χ0) is 19.3. The Morgan fingerprint density at radius 2 is 2.11 bits per heavy atom. The van der Waals surface area contributed by atoms with Crippen LogP contribution in [0.3, 0.4) is 0 Å². The van der Waals surface area contributed by atoms with E-state index in [1.54, 1.807) is 12.3 Å². The maximum absolute atomic E-state index is 5.93. The highest BCUT2D eigenvalue weighted by Crippen LogP contribution is 2.30. The van der Waals surface area contributed by atoms with Crippen LogP contribution in [0.1, 0.15) is 19.0 Å². The number of hydrogen-bond acceptors (Lipinski definition) is 6. The number of allylic oxidation sites excluding steroid dienone is 4. The SMILES string of the molecule is C=C/C=C1/C=C/c2n[nH]c3cnc(cc23)-c2conc2OCCCO/C1=C/C. The van der Waals surface area contributed by atoms with E-state index in [4.69, 9.17) is 14.0 Å². The lowest BCUT2D eigenvalue weighted by Crippen LogP contribution is -2.04. The van der Waals surface area contributed by atoms with E-state index >= 15 is 0 Å². The predicted molar refractivity (Wildman–Crippen MR) is 107 cm³/mol. The number of aromatic nitrogens is 4. The van der Waals surface area contributed by atoms with Crippen LogP contribution in [0.15, 0.2) is 65.3 Å². The van der Waals surface area contributed by atoms with Crippen LogP contribution in [0.25, 0.3) is 28.2 Å². The number of rotatable bonds is 1. The van der Waals surface area contributed by atoms with Gasteiger partial charge in [0.25, 0.3) is 5.88 Å². The molecule has 142 valence electrons. The molecular formula is C21H20N4O3. The number of nitrogens with zero attached hydrogens (tertiary/aromatic N) is 3. The Kier molecular flexibility index (Phi) is 5.05. The average molecular weight is 376 g/mol. The molecule has 0 saturated carbocycles. The Hall–Kier alpha value is -3.61. The molecule has 0 aliphatic carbocycles. The Morgan fingerprint density at radius 3 is 2.96 bits per heavy atom. The molecule has 3 aromatic heterocycles. The van der Waals surface area contributed by atoms with Crippen molar-refractivity contribution in [1.82, 2.24) is 20.3 Å². The molecule has 0 aromatic carbocycles. The molecule has 0 radical (unpaired) electrons. The first-order chi connectivity index (χ1) is 13.8. The second-order valence-corrected chi connectivity index (χ2v) is 6.15. The van der Waals surface area contributed by atoms with Gasteiger partial charge in [-0.2, -0.15) is 5.10 Å². The molecule has 4 heterocycles. The van der Waals surface area contributed by atoms with Gasteiger partial charge in [0.15, 0.2) is 0 Å². The number of fused-ring (bicyclic) bond motifs is 3. The molecule has 7 heteroatoms. The molecule has 0 fully saturated rings. The van der Waals surface area contributed by atoms with Crippen molar-refractivity contribution in [2.24, 2.45) is 0 Å². The van der Waals surface area contributed by atoms with Crippen molar-refractivity contribution in [3.63, 3.8) is 0 Å². The van der Waals surface area contributed by atoms with E-state index in [1.807, 2.05) is 37.3 Å². The summed E-state index contributed by atoms with van der Waals surface area (Å²) in [6.07, 6.45) is 13.5. The van der Waals surface area contributed by atoms with Crippen LogP contribution in [0.5, 0.6) is 5.88 Å². The number of nitrogens with one attached hydrogen (secondary N) is 1. The summed E-state index contributed by atoms with van der Waals surface area (Å²) in [5.41, 5.74) is 3.95. The van der Waals surface area contributed by atoms with Gasteiger partial charge in [0.2, 0.25) is 0 Å². The molecule has 0 spiro atoms. The Balaban J connectivity index is 1.83. The molecule has 1 aliphatic rings. The zero-order valence-electron chi connectivity index (χ0n) is 15.5. The van der Waals surface area contributed by atoms with Crippen molar-refractivity contribution in [3.05, 3.63) is 66.4 Å². The van der Waals surface area contributed by atoms with Crippen molar-refractivity contribution in [2.75, 3.05) is 13.2 Å². The van der Waals surface area contributed by atoms with Crippen molar-refractivity contribution >= 4 is 17.0 Å². The Morgan fingerprint density at radius 1 is 1.21 bits per heavy atom. The first kappa shape index (κ1) is 17.8. The highest BCUT2D eigenvalue weighted by molar-refractivity contribution is 5.89. The van der Waals surface area contributed by atoms with Gasteiger partial charge in [-0.3, -0.25) is 10.1 Å². The van der Waals surface area contributed by atoms with Gasteiger partial charge < -0.3 is 14.0 Å². The summed E-state index contributed by atoms with van der Waals surface area (Å²) in [5, 5.41) is 12.3. The average Bonchev–Trinajstić information content (AvgIpc) is 3.34. The molecule has 0 saturated heterocycles. The molecule has 7 nitrogen and oxygen atoms in total. The number of H-pyrrole nitrogens is 1. The molecule has 3 aromatic rings. The van der Waals surface area contributed by atoms with Gasteiger partial charge in [-0.05, 0) is 36.4 Å². The van der Waals surface area contributed by atoms with Crippen LogP contribution >= 0.6 is 0 Å². The Bertz CT molecular complexity index is 1090. The summed E-state index contributed by atoms with van der Waals surface area (Å²) in [5.74, 6) is 1.19. The molecule has 0 unspecified atom stereocenters. The Labute approximate surface area is 162 Å². The predicted octanol–water partition coefficient (Wildman–Crippen LogP) is 4.44. The zero-order valence-corrected chi connectivity index (χ0v) is 15.5. The largest absolute Gasteiger partial charge is 0.493 e. The normalized spacial score (nSPS) is 18.9. The summed E-state index contributed by atoms with van der Waals surface area (Å²) in [6.45, 7) is 6.70. The fraction of sp³-hybridized carbons (Fsp3) is 0.190. The summed E-state index contributed by atoms with van der Waals surface area (Å²) in [7, 11) is 0. The maximum atomic E-state index is 5.93. The second-order valence-electron chi connectivity index (χ2n) is 6.15. The highest BCUT2D eigenvalue weighted by atomic mass is 16.5. The lowest BCUT2D eigenvalue weighted by molar-refractivity contribution is 0.184. The fourth-order valence-corrected chi connectivity index (χ4v) is 2.97. The van der Waals surface area contributed by atoms with Crippen molar-refractivity contribution in [2.45, 2.75) is 13.3 Å². The summed E-state index contributed by atoms with van der Waals surface area (Å²) >= 11 is 0. The minimum absolute atomic E-state index is 0.417. The molecule has 0 atom stereocenters. The van der Waals surface area contributed by atoms with Crippen LogP contribution in [-0.4, -0.2) is 33.6 Å². The third kappa shape index (κ3) is 3.46. The van der Waals surface area contributed by atoms with E-state index in [1.165, 1.54) is 6.26 Å². The molecule has 1 aliphatic heterocycles. The van der Waals surface area contributed by atoms with Crippen LogP contribution < -0.4 is 4.74 Å². The second kappa shape index (κ2) is 7.96.